The summed E-state index contributed by atoms with van der Waals surface area (Å²) in [7, 11) is 0. The average molecular weight is 366 g/mol. The minimum absolute atomic E-state index is 0.160. The Morgan fingerprint density at radius 3 is 2.50 bits per heavy atom. The first-order valence-electron chi connectivity index (χ1n) is 8.15. The van der Waals surface area contributed by atoms with Gasteiger partial charge in [-0.2, -0.15) is 4.68 Å². The molecule has 2 heterocycles. The van der Waals surface area contributed by atoms with E-state index in [0.717, 1.165) is 31.6 Å². The van der Waals surface area contributed by atoms with E-state index in [1.54, 1.807) is 16.8 Å². The van der Waals surface area contributed by atoms with Gasteiger partial charge in [0.1, 0.15) is 0 Å². The lowest BCUT2D eigenvalue weighted by molar-refractivity contribution is -0.130. The Hall–Kier alpha value is -1.60. The van der Waals surface area contributed by atoms with Gasteiger partial charge in [-0.25, -0.2) is 0 Å². The molecule has 1 atom stereocenters. The van der Waals surface area contributed by atoms with E-state index >= 15 is 0 Å². The van der Waals surface area contributed by atoms with Gasteiger partial charge in [0.05, 0.1) is 10.9 Å². The van der Waals surface area contributed by atoms with E-state index < -0.39 is 0 Å². The van der Waals surface area contributed by atoms with Crippen molar-refractivity contribution in [1.29, 1.82) is 0 Å². The molecule has 24 heavy (non-hydrogen) atoms. The number of hydrogen-bond acceptors (Lipinski definition) is 5. The minimum atomic E-state index is -0.222. The van der Waals surface area contributed by atoms with Crippen LogP contribution in [0.2, 0.25) is 5.02 Å². The first-order valence-corrected chi connectivity index (χ1v) is 9.40. The number of tetrazole rings is 1. The summed E-state index contributed by atoms with van der Waals surface area (Å²) in [6.07, 6.45) is 4.59. The summed E-state index contributed by atoms with van der Waals surface area (Å²) in [5.74, 6) is 0.160. The number of carbonyl (C=O) groups excluding carboxylic acids is 1. The number of aromatic nitrogens is 4. The van der Waals surface area contributed by atoms with Crippen LogP contribution in [0, 0.1) is 0 Å². The van der Waals surface area contributed by atoms with E-state index in [0.29, 0.717) is 10.2 Å². The van der Waals surface area contributed by atoms with Crippen LogP contribution in [-0.4, -0.2) is 49.4 Å². The Morgan fingerprint density at radius 2 is 1.83 bits per heavy atom. The molecule has 0 aliphatic carbocycles. The zero-order valence-corrected chi connectivity index (χ0v) is 15.1. The summed E-state index contributed by atoms with van der Waals surface area (Å²) in [5.41, 5.74) is 0.821. The molecule has 1 amide bonds. The summed E-state index contributed by atoms with van der Waals surface area (Å²) in [4.78, 5) is 14.7. The second-order valence-electron chi connectivity index (χ2n) is 5.85. The van der Waals surface area contributed by atoms with E-state index in [9.17, 15) is 4.79 Å². The molecular formula is C16H20ClN5OS. The number of halogens is 1. The Labute approximate surface area is 150 Å². The lowest BCUT2D eigenvalue weighted by atomic mass is 10.2. The standard InChI is InChI=1S/C16H20ClN5OS/c1-12(15(23)21-10-4-2-3-5-11-21)24-16-18-19-20-22(16)14-8-6-13(17)7-9-14/h6-9,12H,2-5,10-11H2,1H3/t12-/m1/s1. The van der Waals surface area contributed by atoms with Crippen LogP contribution in [0.1, 0.15) is 32.6 Å². The fraction of sp³-hybridized carbons (Fsp3) is 0.500. The highest BCUT2D eigenvalue weighted by molar-refractivity contribution is 8.00. The molecular weight excluding hydrogens is 346 g/mol. The zero-order chi connectivity index (χ0) is 16.9. The van der Waals surface area contributed by atoms with Gasteiger partial charge in [-0.3, -0.25) is 4.79 Å². The highest BCUT2D eigenvalue weighted by Gasteiger charge is 2.24. The molecule has 0 bridgehead atoms. The van der Waals surface area contributed by atoms with E-state index in [4.69, 9.17) is 11.6 Å². The molecule has 0 radical (unpaired) electrons. The van der Waals surface area contributed by atoms with E-state index in [-0.39, 0.29) is 11.2 Å². The Kier molecular flexibility index (Phi) is 5.73. The predicted octanol–water partition coefficient (Wildman–Crippen LogP) is 3.20. The van der Waals surface area contributed by atoms with Crippen LogP contribution in [0.5, 0.6) is 0 Å². The number of rotatable bonds is 4. The van der Waals surface area contributed by atoms with Crippen LogP contribution < -0.4 is 0 Å². The highest BCUT2D eigenvalue weighted by Crippen LogP contribution is 2.25. The predicted molar refractivity (Wildman–Crippen MR) is 94.5 cm³/mol. The maximum Gasteiger partial charge on any atom is 0.235 e. The molecule has 2 aromatic rings. The molecule has 8 heteroatoms. The van der Waals surface area contributed by atoms with Gasteiger partial charge in [-0.15, -0.1) is 5.10 Å². The van der Waals surface area contributed by atoms with Gasteiger partial charge in [0.15, 0.2) is 0 Å². The summed E-state index contributed by atoms with van der Waals surface area (Å²) in [6, 6.07) is 7.28. The van der Waals surface area contributed by atoms with Crippen LogP contribution in [0.4, 0.5) is 0 Å². The second kappa shape index (κ2) is 7.98. The largest absolute Gasteiger partial charge is 0.342 e. The topological polar surface area (TPSA) is 63.9 Å². The number of nitrogens with zero attached hydrogens (tertiary/aromatic N) is 5. The molecule has 1 aromatic heterocycles. The van der Waals surface area contributed by atoms with Crippen LogP contribution in [0.25, 0.3) is 5.69 Å². The van der Waals surface area contributed by atoms with Gasteiger partial charge < -0.3 is 4.90 Å². The van der Waals surface area contributed by atoms with E-state index in [2.05, 4.69) is 15.5 Å². The summed E-state index contributed by atoms with van der Waals surface area (Å²) >= 11 is 7.31. The van der Waals surface area contributed by atoms with Crippen molar-refractivity contribution >= 4 is 29.3 Å². The molecule has 0 unspecified atom stereocenters. The van der Waals surface area contributed by atoms with E-state index in [1.165, 1.54) is 24.6 Å². The van der Waals surface area contributed by atoms with Crippen LogP contribution >= 0.6 is 23.4 Å². The molecule has 3 rings (SSSR count). The van der Waals surface area contributed by atoms with Crippen molar-refractivity contribution in [3.63, 3.8) is 0 Å². The Bertz CT molecular complexity index is 682. The van der Waals surface area contributed by atoms with E-state index in [1.807, 2.05) is 24.0 Å². The third kappa shape index (κ3) is 4.08. The fourth-order valence-electron chi connectivity index (χ4n) is 2.75. The summed E-state index contributed by atoms with van der Waals surface area (Å²) < 4.78 is 1.63. The number of likely N-dealkylation sites (tertiary alicyclic amines) is 1. The smallest absolute Gasteiger partial charge is 0.235 e. The van der Waals surface area contributed by atoms with Crippen molar-refractivity contribution < 1.29 is 4.79 Å². The molecule has 0 N–H and O–H groups in total. The fourth-order valence-corrected chi connectivity index (χ4v) is 3.77. The first kappa shape index (κ1) is 17.2. The molecule has 1 aromatic carbocycles. The van der Waals surface area contributed by atoms with Crippen molar-refractivity contribution in [2.24, 2.45) is 0 Å². The highest BCUT2D eigenvalue weighted by atomic mass is 35.5. The Balaban J connectivity index is 1.70. The molecule has 0 saturated carbocycles. The average Bonchev–Trinajstić information content (AvgIpc) is 2.87. The van der Waals surface area contributed by atoms with Gasteiger partial charge in [0.25, 0.3) is 0 Å². The quantitative estimate of drug-likeness (QED) is 0.778. The molecule has 128 valence electrons. The van der Waals surface area contributed by atoms with Crippen molar-refractivity contribution in [3.05, 3.63) is 29.3 Å². The van der Waals surface area contributed by atoms with Crippen molar-refractivity contribution in [3.8, 4) is 5.69 Å². The number of hydrogen-bond donors (Lipinski definition) is 0. The first-order chi connectivity index (χ1) is 11.6. The maximum atomic E-state index is 12.7. The van der Waals surface area contributed by atoms with Crippen LogP contribution in [0.15, 0.2) is 29.4 Å². The summed E-state index contributed by atoms with van der Waals surface area (Å²) in [5, 5.41) is 12.9. The number of amides is 1. The number of carbonyl (C=O) groups is 1. The lowest BCUT2D eigenvalue weighted by Gasteiger charge is -2.23. The second-order valence-corrected chi connectivity index (χ2v) is 7.59. The Morgan fingerprint density at radius 1 is 1.17 bits per heavy atom. The third-order valence-electron chi connectivity index (χ3n) is 4.06. The molecule has 1 aliphatic heterocycles. The molecule has 6 nitrogen and oxygen atoms in total. The van der Waals surface area contributed by atoms with Gasteiger partial charge in [-0.1, -0.05) is 36.2 Å². The van der Waals surface area contributed by atoms with Gasteiger partial charge in [0, 0.05) is 18.1 Å². The van der Waals surface area contributed by atoms with Crippen molar-refractivity contribution in [2.75, 3.05) is 13.1 Å². The molecule has 1 aliphatic rings. The number of thioether (sulfide) groups is 1. The van der Waals surface area contributed by atoms with Gasteiger partial charge in [-0.05, 0) is 54.5 Å². The SMILES string of the molecule is C[C@@H](Sc1nnnn1-c1ccc(Cl)cc1)C(=O)N1CCCCCC1. The third-order valence-corrected chi connectivity index (χ3v) is 5.33. The lowest BCUT2D eigenvalue weighted by Crippen LogP contribution is -2.37. The molecule has 1 fully saturated rings. The normalized spacial score (nSPS) is 16.7. The zero-order valence-electron chi connectivity index (χ0n) is 13.6. The molecule has 0 spiro atoms. The molecule has 1 saturated heterocycles. The monoisotopic (exact) mass is 365 g/mol. The minimum Gasteiger partial charge on any atom is -0.342 e. The summed E-state index contributed by atoms with van der Waals surface area (Å²) in [6.45, 7) is 3.62. The van der Waals surface area contributed by atoms with Gasteiger partial charge in [0.2, 0.25) is 11.1 Å². The van der Waals surface area contributed by atoms with Crippen molar-refractivity contribution in [2.45, 2.75) is 43.0 Å². The van der Waals surface area contributed by atoms with Crippen LogP contribution in [-0.2, 0) is 4.79 Å². The number of benzene rings is 1. The van der Waals surface area contributed by atoms with Gasteiger partial charge >= 0.3 is 0 Å². The van der Waals surface area contributed by atoms with Crippen molar-refractivity contribution in [1.82, 2.24) is 25.1 Å². The maximum absolute atomic E-state index is 12.7. The van der Waals surface area contributed by atoms with Crippen LogP contribution in [0.3, 0.4) is 0 Å².